The number of nitrogens with one attached hydrogen (secondary N) is 1. The van der Waals surface area contributed by atoms with Crippen LogP contribution in [0.15, 0.2) is 45.6 Å². The van der Waals surface area contributed by atoms with Gasteiger partial charge in [-0.1, -0.05) is 17.3 Å². The second-order valence-corrected chi connectivity index (χ2v) is 5.93. The molecule has 0 fully saturated rings. The van der Waals surface area contributed by atoms with Gasteiger partial charge in [-0.2, -0.15) is 16.3 Å². The van der Waals surface area contributed by atoms with Gasteiger partial charge in [-0.15, -0.1) is 0 Å². The van der Waals surface area contributed by atoms with Crippen molar-refractivity contribution < 1.29 is 14.1 Å². The first-order chi connectivity index (χ1) is 11.7. The Labute approximate surface area is 143 Å². The van der Waals surface area contributed by atoms with E-state index in [1.165, 1.54) is 0 Å². The van der Waals surface area contributed by atoms with Crippen molar-refractivity contribution >= 4 is 17.2 Å². The van der Waals surface area contributed by atoms with Crippen molar-refractivity contribution in [1.82, 2.24) is 15.5 Å². The summed E-state index contributed by atoms with van der Waals surface area (Å²) in [6, 6.07) is 9.52. The molecule has 0 saturated heterocycles. The Hall–Kier alpha value is -2.67. The molecule has 0 radical (unpaired) electrons. The number of carbonyl (C=O) groups is 1. The standard InChI is InChI=1S/C17H17N3O3S/c1-22-14-4-2-3-12(9-14)10-18-15(21)5-6-16-19-17(20-23-16)13-7-8-24-11-13/h2-4,7-9,11H,5-6,10H2,1H3,(H,18,21). The third-order valence-electron chi connectivity index (χ3n) is 3.44. The van der Waals surface area contributed by atoms with Crippen LogP contribution in [0.3, 0.4) is 0 Å². The number of aromatic nitrogens is 2. The summed E-state index contributed by atoms with van der Waals surface area (Å²) in [6.45, 7) is 0.458. The lowest BCUT2D eigenvalue weighted by molar-refractivity contribution is -0.121. The summed E-state index contributed by atoms with van der Waals surface area (Å²) >= 11 is 1.57. The molecule has 0 bridgehead atoms. The molecule has 6 nitrogen and oxygen atoms in total. The number of ether oxygens (including phenoxy) is 1. The summed E-state index contributed by atoms with van der Waals surface area (Å²) in [7, 11) is 1.62. The maximum atomic E-state index is 11.9. The minimum Gasteiger partial charge on any atom is -0.497 e. The van der Waals surface area contributed by atoms with Gasteiger partial charge >= 0.3 is 0 Å². The average molecular weight is 343 g/mol. The van der Waals surface area contributed by atoms with Crippen LogP contribution in [0.5, 0.6) is 5.75 Å². The van der Waals surface area contributed by atoms with E-state index in [2.05, 4.69) is 15.5 Å². The number of rotatable bonds is 7. The summed E-state index contributed by atoms with van der Waals surface area (Å²) in [5.74, 6) is 1.73. The molecule has 124 valence electrons. The van der Waals surface area contributed by atoms with Gasteiger partial charge in [0.25, 0.3) is 0 Å². The third kappa shape index (κ3) is 4.20. The number of benzene rings is 1. The van der Waals surface area contributed by atoms with Crippen molar-refractivity contribution in [2.24, 2.45) is 0 Å². The van der Waals surface area contributed by atoms with Crippen molar-refractivity contribution in [3.8, 4) is 17.1 Å². The van der Waals surface area contributed by atoms with E-state index in [0.717, 1.165) is 16.9 Å². The largest absolute Gasteiger partial charge is 0.497 e. The van der Waals surface area contributed by atoms with E-state index in [1.807, 2.05) is 41.1 Å². The van der Waals surface area contributed by atoms with E-state index in [-0.39, 0.29) is 5.91 Å². The number of carbonyl (C=O) groups excluding carboxylic acids is 1. The Kier molecular flexibility index (Phi) is 5.22. The minimum atomic E-state index is -0.0619. The lowest BCUT2D eigenvalue weighted by Gasteiger charge is -2.06. The van der Waals surface area contributed by atoms with E-state index < -0.39 is 0 Å². The van der Waals surface area contributed by atoms with Crippen molar-refractivity contribution in [3.05, 3.63) is 52.5 Å². The van der Waals surface area contributed by atoms with E-state index in [1.54, 1.807) is 18.4 Å². The zero-order chi connectivity index (χ0) is 16.8. The summed E-state index contributed by atoms with van der Waals surface area (Å²) in [4.78, 5) is 16.2. The van der Waals surface area contributed by atoms with Gasteiger partial charge in [0.05, 0.1) is 7.11 Å². The summed E-state index contributed by atoms with van der Waals surface area (Å²) in [5.41, 5.74) is 1.91. The SMILES string of the molecule is COc1cccc(CNC(=O)CCc2nc(-c3ccsc3)no2)c1. The topological polar surface area (TPSA) is 77.2 Å². The number of hydrogen-bond donors (Lipinski definition) is 1. The number of aryl methyl sites for hydroxylation is 1. The van der Waals surface area contributed by atoms with Crippen LogP contribution in [-0.4, -0.2) is 23.2 Å². The van der Waals surface area contributed by atoms with Crippen molar-refractivity contribution in [2.75, 3.05) is 7.11 Å². The molecule has 3 rings (SSSR count). The lowest BCUT2D eigenvalue weighted by Crippen LogP contribution is -2.23. The Morgan fingerprint density at radius 2 is 2.29 bits per heavy atom. The molecule has 7 heteroatoms. The smallest absolute Gasteiger partial charge is 0.227 e. The van der Waals surface area contributed by atoms with E-state index >= 15 is 0 Å². The lowest BCUT2D eigenvalue weighted by atomic mass is 10.2. The third-order valence-corrected chi connectivity index (χ3v) is 4.12. The van der Waals surface area contributed by atoms with Crippen molar-refractivity contribution in [2.45, 2.75) is 19.4 Å². The van der Waals surface area contributed by atoms with Crippen LogP contribution in [0.1, 0.15) is 17.9 Å². The number of hydrogen-bond acceptors (Lipinski definition) is 6. The minimum absolute atomic E-state index is 0.0619. The van der Waals surface area contributed by atoms with Crippen LogP contribution in [0.4, 0.5) is 0 Å². The fourth-order valence-electron chi connectivity index (χ4n) is 2.16. The van der Waals surface area contributed by atoms with Gasteiger partial charge in [-0.05, 0) is 29.1 Å². The summed E-state index contributed by atoms with van der Waals surface area (Å²) in [5, 5.41) is 10.7. The Balaban J connectivity index is 1.47. The zero-order valence-electron chi connectivity index (χ0n) is 13.2. The van der Waals surface area contributed by atoms with Gasteiger partial charge < -0.3 is 14.6 Å². The molecule has 0 aliphatic carbocycles. The fraction of sp³-hybridized carbons (Fsp3) is 0.235. The molecule has 1 amide bonds. The molecule has 2 aromatic heterocycles. The second kappa shape index (κ2) is 7.74. The number of methoxy groups -OCH3 is 1. The molecular weight excluding hydrogens is 326 g/mol. The molecule has 1 N–H and O–H groups in total. The molecule has 1 aromatic carbocycles. The fourth-order valence-corrected chi connectivity index (χ4v) is 2.79. The molecule has 0 spiro atoms. The van der Waals surface area contributed by atoms with Crippen LogP contribution < -0.4 is 10.1 Å². The molecule has 0 aliphatic rings. The van der Waals surface area contributed by atoms with E-state index in [9.17, 15) is 4.79 Å². The second-order valence-electron chi connectivity index (χ2n) is 5.15. The van der Waals surface area contributed by atoms with Gasteiger partial charge in [-0.25, -0.2) is 0 Å². The van der Waals surface area contributed by atoms with Gasteiger partial charge in [0.2, 0.25) is 17.6 Å². The van der Waals surface area contributed by atoms with Crippen molar-refractivity contribution in [3.63, 3.8) is 0 Å². The molecule has 0 unspecified atom stereocenters. The van der Waals surface area contributed by atoms with Crippen LogP contribution in [0, 0.1) is 0 Å². The normalized spacial score (nSPS) is 10.5. The highest BCUT2D eigenvalue weighted by molar-refractivity contribution is 7.08. The van der Waals surface area contributed by atoms with Crippen LogP contribution in [0.2, 0.25) is 0 Å². The monoisotopic (exact) mass is 343 g/mol. The first kappa shape index (κ1) is 16.2. The Morgan fingerprint density at radius 3 is 3.08 bits per heavy atom. The molecule has 0 aliphatic heterocycles. The highest BCUT2D eigenvalue weighted by Crippen LogP contribution is 2.19. The quantitative estimate of drug-likeness (QED) is 0.713. The maximum Gasteiger partial charge on any atom is 0.227 e. The maximum absolute atomic E-state index is 11.9. The first-order valence-corrected chi connectivity index (χ1v) is 8.43. The highest BCUT2D eigenvalue weighted by Gasteiger charge is 2.11. The summed E-state index contributed by atoms with van der Waals surface area (Å²) in [6.07, 6.45) is 0.719. The van der Waals surface area contributed by atoms with Gasteiger partial charge in [0, 0.05) is 30.3 Å². The number of nitrogens with zero attached hydrogens (tertiary/aromatic N) is 2. The number of thiophene rings is 1. The zero-order valence-corrected chi connectivity index (χ0v) is 14.0. The highest BCUT2D eigenvalue weighted by atomic mass is 32.1. The molecule has 2 heterocycles. The molecule has 3 aromatic rings. The number of amides is 1. The van der Waals surface area contributed by atoms with Gasteiger partial charge in [0.15, 0.2) is 0 Å². The van der Waals surface area contributed by atoms with E-state index in [4.69, 9.17) is 9.26 Å². The molecule has 0 saturated carbocycles. The first-order valence-electron chi connectivity index (χ1n) is 7.49. The van der Waals surface area contributed by atoms with Gasteiger partial charge in [0.1, 0.15) is 5.75 Å². The molecule has 24 heavy (non-hydrogen) atoms. The summed E-state index contributed by atoms with van der Waals surface area (Å²) < 4.78 is 10.3. The predicted octanol–water partition coefficient (Wildman–Crippen LogP) is 3.06. The van der Waals surface area contributed by atoms with Gasteiger partial charge in [-0.3, -0.25) is 4.79 Å². The van der Waals surface area contributed by atoms with Crippen LogP contribution in [-0.2, 0) is 17.8 Å². The van der Waals surface area contributed by atoms with E-state index in [0.29, 0.717) is 31.1 Å². The van der Waals surface area contributed by atoms with Crippen LogP contribution >= 0.6 is 11.3 Å². The molecule has 0 atom stereocenters. The molecular formula is C17H17N3O3S. The Morgan fingerprint density at radius 1 is 1.38 bits per heavy atom. The van der Waals surface area contributed by atoms with Crippen molar-refractivity contribution in [1.29, 1.82) is 0 Å². The average Bonchev–Trinajstić information content (AvgIpc) is 3.29. The predicted molar refractivity (Wildman–Crippen MR) is 90.8 cm³/mol. The Bertz CT molecular complexity index is 799. The van der Waals surface area contributed by atoms with Crippen LogP contribution in [0.25, 0.3) is 11.4 Å².